The summed E-state index contributed by atoms with van der Waals surface area (Å²) in [6, 6.07) is 7.36. The van der Waals surface area contributed by atoms with E-state index in [1.807, 2.05) is 26.0 Å². The SMILES string of the molecule is CC.CN(CCCOPI)C(=O)c1c(N(C)C=O)nc(Br)n1Cc1ccc(Cl)cc1. The fourth-order valence-corrected chi connectivity index (χ4v) is 4.01. The lowest BCUT2D eigenvalue weighted by atomic mass is 10.2. The maximum atomic E-state index is 13.2. The van der Waals surface area contributed by atoms with E-state index in [0.29, 0.717) is 53.8 Å². The number of nitrogens with zero attached hydrogens (tertiary/aromatic N) is 4. The van der Waals surface area contributed by atoms with Crippen LogP contribution in [0.2, 0.25) is 5.02 Å². The van der Waals surface area contributed by atoms with Crippen molar-refractivity contribution in [3.63, 3.8) is 0 Å². The van der Waals surface area contributed by atoms with Crippen LogP contribution in [0.4, 0.5) is 5.82 Å². The Morgan fingerprint density at radius 1 is 1.33 bits per heavy atom. The van der Waals surface area contributed by atoms with Crippen LogP contribution in [0.3, 0.4) is 0 Å². The molecule has 30 heavy (non-hydrogen) atoms. The van der Waals surface area contributed by atoms with E-state index in [1.54, 1.807) is 35.7 Å². The van der Waals surface area contributed by atoms with Crippen LogP contribution in [0.25, 0.3) is 0 Å². The summed E-state index contributed by atoms with van der Waals surface area (Å²) < 4.78 is 7.57. The van der Waals surface area contributed by atoms with Gasteiger partial charge in [-0.05, 0) is 62.1 Å². The van der Waals surface area contributed by atoms with Crippen LogP contribution in [0.15, 0.2) is 29.0 Å². The molecule has 1 heterocycles. The predicted molar refractivity (Wildman–Crippen MR) is 136 cm³/mol. The average molecular weight is 632 g/mol. The molecule has 2 rings (SSSR count). The van der Waals surface area contributed by atoms with Crippen LogP contribution in [0.1, 0.15) is 36.3 Å². The number of imidazole rings is 1. The van der Waals surface area contributed by atoms with E-state index in [2.05, 4.69) is 43.0 Å². The standard InChI is InChI=1S/C17H20BrClIN4O3P.C2H6/c1-22(8-3-9-27-28-20)16(26)14-15(23(2)11-25)21-17(18)24(14)10-12-4-6-13(19)7-5-12;1-2/h4-7,11,28H,3,8-10H2,1-2H3;1-2H3. The van der Waals surface area contributed by atoms with Gasteiger partial charge in [-0.2, -0.15) is 0 Å². The van der Waals surface area contributed by atoms with Crippen molar-refractivity contribution in [2.45, 2.75) is 26.8 Å². The Hall–Kier alpha value is -0.740. The minimum atomic E-state index is -0.215. The van der Waals surface area contributed by atoms with E-state index < -0.39 is 0 Å². The third-order valence-electron chi connectivity index (χ3n) is 3.99. The Kier molecular flexibility index (Phi) is 13.1. The Balaban J connectivity index is 0.00000218. The first-order valence-corrected chi connectivity index (χ1v) is 14.5. The molecule has 7 nitrogen and oxygen atoms in total. The summed E-state index contributed by atoms with van der Waals surface area (Å²) in [5.74, 6) is 0.0884. The first kappa shape index (κ1) is 27.3. The quantitative estimate of drug-likeness (QED) is 0.153. The molecule has 0 aliphatic rings. The van der Waals surface area contributed by atoms with Crippen molar-refractivity contribution < 1.29 is 14.1 Å². The number of benzene rings is 1. The predicted octanol–water partition coefficient (Wildman–Crippen LogP) is 5.39. The number of halogens is 3. The van der Waals surface area contributed by atoms with Crippen LogP contribution in [0, 0.1) is 0 Å². The zero-order valence-corrected chi connectivity index (χ0v) is 22.9. The molecule has 0 saturated carbocycles. The molecule has 0 fully saturated rings. The Morgan fingerprint density at radius 2 is 1.97 bits per heavy atom. The number of hydrogen-bond donors (Lipinski definition) is 0. The Bertz CT molecular complexity index is 823. The zero-order valence-electron chi connectivity index (χ0n) is 17.4. The lowest BCUT2D eigenvalue weighted by Crippen LogP contribution is -2.32. The lowest BCUT2D eigenvalue weighted by Gasteiger charge is -2.20. The van der Waals surface area contributed by atoms with Crippen molar-refractivity contribution in [1.29, 1.82) is 0 Å². The smallest absolute Gasteiger partial charge is 0.274 e. The molecule has 1 aromatic carbocycles. The molecule has 1 unspecified atom stereocenters. The third kappa shape index (κ3) is 7.75. The molecule has 2 aromatic rings. The van der Waals surface area contributed by atoms with E-state index >= 15 is 0 Å². The number of rotatable bonds is 10. The number of hydrogen-bond acceptors (Lipinski definition) is 4. The molecule has 1 aromatic heterocycles. The van der Waals surface area contributed by atoms with Gasteiger partial charge in [-0.1, -0.05) is 37.6 Å². The molecular weight excluding hydrogens is 605 g/mol. The molecule has 11 heteroatoms. The van der Waals surface area contributed by atoms with Gasteiger partial charge >= 0.3 is 0 Å². The summed E-state index contributed by atoms with van der Waals surface area (Å²) in [7, 11) is 3.30. The van der Waals surface area contributed by atoms with E-state index in [9.17, 15) is 9.59 Å². The summed E-state index contributed by atoms with van der Waals surface area (Å²) in [5.41, 5.74) is 1.30. The number of aromatic nitrogens is 2. The van der Waals surface area contributed by atoms with Gasteiger partial charge in [-0.25, -0.2) is 4.98 Å². The lowest BCUT2D eigenvalue weighted by molar-refractivity contribution is -0.107. The van der Waals surface area contributed by atoms with Crippen LogP contribution >= 0.6 is 56.0 Å². The van der Waals surface area contributed by atoms with Gasteiger partial charge in [0.25, 0.3) is 5.91 Å². The number of carbonyl (C=O) groups is 2. The summed E-state index contributed by atoms with van der Waals surface area (Å²) in [6.45, 7) is 5.93. The van der Waals surface area contributed by atoms with Crippen molar-refractivity contribution in [1.82, 2.24) is 14.5 Å². The fraction of sp³-hybridized carbons (Fsp3) is 0.421. The van der Waals surface area contributed by atoms with Gasteiger partial charge in [0.15, 0.2) is 16.2 Å². The van der Waals surface area contributed by atoms with Gasteiger partial charge in [0.1, 0.15) is 0 Å². The summed E-state index contributed by atoms with van der Waals surface area (Å²) in [5, 5.41) is 0.639. The van der Waals surface area contributed by atoms with Crippen molar-refractivity contribution in [2.24, 2.45) is 0 Å². The topological polar surface area (TPSA) is 67.7 Å². The number of carbonyl (C=O) groups excluding carboxylic acids is 2. The van der Waals surface area contributed by atoms with Crippen LogP contribution < -0.4 is 4.90 Å². The monoisotopic (exact) mass is 630 g/mol. The zero-order chi connectivity index (χ0) is 22.7. The summed E-state index contributed by atoms with van der Waals surface area (Å²) in [6.07, 6.45) is 1.36. The van der Waals surface area contributed by atoms with Gasteiger partial charge in [-0.3, -0.25) is 9.59 Å². The van der Waals surface area contributed by atoms with Crippen molar-refractivity contribution in [2.75, 3.05) is 32.1 Å². The van der Waals surface area contributed by atoms with Gasteiger partial charge in [0.05, 0.1) is 19.6 Å². The normalized spacial score (nSPS) is 10.6. The maximum absolute atomic E-state index is 13.2. The second-order valence-electron chi connectivity index (χ2n) is 5.99. The highest BCUT2D eigenvalue weighted by atomic mass is 127. The molecule has 1 atom stereocenters. The Labute approximate surface area is 206 Å². The minimum Gasteiger partial charge on any atom is -0.352 e. The van der Waals surface area contributed by atoms with Crippen LogP contribution in [0.5, 0.6) is 0 Å². The van der Waals surface area contributed by atoms with E-state index in [-0.39, 0.29) is 5.91 Å². The largest absolute Gasteiger partial charge is 0.352 e. The number of amides is 2. The summed E-state index contributed by atoms with van der Waals surface area (Å²) in [4.78, 5) is 31.8. The molecule has 0 spiro atoms. The van der Waals surface area contributed by atoms with Gasteiger partial charge in [0, 0.05) is 25.7 Å². The molecule has 0 radical (unpaired) electrons. The first-order valence-electron chi connectivity index (χ1n) is 9.30. The maximum Gasteiger partial charge on any atom is 0.274 e. The van der Waals surface area contributed by atoms with E-state index in [4.69, 9.17) is 16.1 Å². The van der Waals surface area contributed by atoms with Gasteiger partial charge in [0.2, 0.25) is 6.41 Å². The molecule has 0 aliphatic heterocycles. The second kappa shape index (κ2) is 14.3. The molecule has 2 amide bonds. The average Bonchev–Trinajstić information content (AvgIpc) is 3.08. The highest BCUT2D eigenvalue weighted by molar-refractivity contribution is 14.2. The van der Waals surface area contributed by atoms with E-state index in [0.717, 1.165) is 12.0 Å². The Morgan fingerprint density at radius 3 is 2.53 bits per heavy atom. The van der Waals surface area contributed by atoms with Crippen LogP contribution in [-0.2, 0) is 15.9 Å². The van der Waals surface area contributed by atoms with Crippen molar-refractivity contribution in [3.8, 4) is 0 Å². The van der Waals surface area contributed by atoms with Crippen LogP contribution in [-0.4, -0.2) is 54.0 Å². The highest BCUT2D eigenvalue weighted by Crippen LogP contribution is 2.27. The first-order chi connectivity index (χ1) is 14.4. The molecule has 0 bridgehead atoms. The molecule has 0 N–H and O–H groups in total. The summed E-state index contributed by atoms with van der Waals surface area (Å²) >= 11 is 11.5. The third-order valence-corrected chi connectivity index (χ3v) is 6.10. The second-order valence-corrected chi connectivity index (χ2v) is 8.90. The van der Waals surface area contributed by atoms with Gasteiger partial charge < -0.3 is 18.9 Å². The van der Waals surface area contributed by atoms with Crippen molar-refractivity contribution in [3.05, 3.63) is 45.3 Å². The minimum absolute atomic E-state index is 0.215. The van der Waals surface area contributed by atoms with Crippen molar-refractivity contribution >= 4 is 74.2 Å². The number of anilines is 1. The molecule has 0 aliphatic carbocycles. The van der Waals surface area contributed by atoms with Gasteiger partial charge in [-0.15, -0.1) is 0 Å². The molecular formula is C19H26BrClIN4O3P. The molecule has 0 saturated heterocycles. The fourth-order valence-electron chi connectivity index (χ4n) is 2.53. The highest BCUT2D eigenvalue weighted by Gasteiger charge is 2.27. The molecule has 166 valence electrons. The van der Waals surface area contributed by atoms with E-state index in [1.165, 1.54) is 4.90 Å².